The number of nitrogens with zero attached hydrogens (tertiary/aromatic N) is 2. The molecule has 0 aliphatic carbocycles. The minimum absolute atomic E-state index is 0.270. The highest BCUT2D eigenvalue weighted by Gasteiger charge is 2.07. The van der Waals surface area contributed by atoms with Crippen LogP contribution >= 0.6 is 0 Å². The highest BCUT2D eigenvalue weighted by Crippen LogP contribution is 2.16. The molecular weight excluding hydrogens is 193 g/mol. The summed E-state index contributed by atoms with van der Waals surface area (Å²) >= 11 is 0. The molecule has 15 heavy (non-hydrogen) atoms. The average molecular weight is 205 g/mol. The molecule has 0 radical (unpaired) electrons. The topological polar surface area (TPSA) is 43.8 Å². The maximum atomic E-state index is 13.6. The van der Waals surface area contributed by atoms with Gasteiger partial charge in [-0.15, -0.1) is 0 Å². The van der Waals surface area contributed by atoms with Crippen molar-refractivity contribution in [3.8, 4) is 5.69 Å². The third-order valence-electron chi connectivity index (χ3n) is 2.29. The van der Waals surface area contributed by atoms with Gasteiger partial charge in [0, 0.05) is 12.7 Å². The summed E-state index contributed by atoms with van der Waals surface area (Å²) in [4.78, 5) is 3.96. The predicted molar refractivity (Wildman–Crippen MR) is 56.2 cm³/mol. The van der Waals surface area contributed by atoms with Crippen LogP contribution in [0.25, 0.3) is 5.69 Å². The summed E-state index contributed by atoms with van der Waals surface area (Å²) in [5.41, 5.74) is 7.82. The van der Waals surface area contributed by atoms with Crippen molar-refractivity contribution < 1.29 is 4.39 Å². The monoisotopic (exact) mass is 205 g/mol. The first-order valence-corrected chi connectivity index (χ1v) is 4.70. The van der Waals surface area contributed by atoms with Crippen LogP contribution in [0.15, 0.2) is 30.7 Å². The van der Waals surface area contributed by atoms with Crippen LogP contribution in [0.1, 0.15) is 11.3 Å². The minimum Gasteiger partial charge on any atom is -0.325 e. The summed E-state index contributed by atoms with van der Waals surface area (Å²) in [5, 5.41) is 0. The van der Waals surface area contributed by atoms with E-state index in [0.717, 1.165) is 11.3 Å². The van der Waals surface area contributed by atoms with Gasteiger partial charge in [-0.3, -0.25) is 4.57 Å². The zero-order valence-electron chi connectivity index (χ0n) is 8.44. The van der Waals surface area contributed by atoms with Crippen LogP contribution in [0.3, 0.4) is 0 Å². The van der Waals surface area contributed by atoms with Crippen LogP contribution in [0.4, 0.5) is 4.39 Å². The number of rotatable bonds is 2. The summed E-state index contributed by atoms with van der Waals surface area (Å²) in [6, 6.07) is 4.96. The molecule has 2 aromatic rings. The van der Waals surface area contributed by atoms with E-state index < -0.39 is 0 Å². The van der Waals surface area contributed by atoms with Gasteiger partial charge in [0.2, 0.25) is 0 Å². The molecule has 4 heteroatoms. The van der Waals surface area contributed by atoms with Crippen molar-refractivity contribution in [3.63, 3.8) is 0 Å². The molecule has 3 nitrogen and oxygen atoms in total. The van der Waals surface area contributed by atoms with Crippen LogP contribution < -0.4 is 5.73 Å². The van der Waals surface area contributed by atoms with Crippen LogP contribution in [0, 0.1) is 12.7 Å². The van der Waals surface area contributed by atoms with Crippen LogP contribution in [0.5, 0.6) is 0 Å². The number of hydrogen-bond acceptors (Lipinski definition) is 2. The summed E-state index contributed by atoms with van der Waals surface area (Å²) in [6.45, 7) is 2.26. The lowest BCUT2D eigenvalue weighted by Gasteiger charge is -2.08. The van der Waals surface area contributed by atoms with Crippen molar-refractivity contribution in [1.29, 1.82) is 0 Å². The summed E-state index contributed by atoms with van der Waals surface area (Å²) in [5.74, 6) is -0.270. The van der Waals surface area contributed by atoms with Gasteiger partial charge in [0.1, 0.15) is 5.82 Å². The normalized spacial score (nSPS) is 10.6. The molecule has 0 saturated carbocycles. The summed E-state index contributed by atoms with van der Waals surface area (Å²) in [7, 11) is 0. The molecule has 0 saturated heterocycles. The Kier molecular flexibility index (Phi) is 2.51. The van der Waals surface area contributed by atoms with Gasteiger partial charge in [-0.05, 0) is 24.6 Å². The quantitative estimate of drug-likeness (QED) is 0.812. The fourth-order valence-corrected chi connectivity index (χ4v) is 1.50. The SMILES string of the molecule is Cc1ccc(F)c(-n2cncc2CN)c1. The smallest absolute Gasteiger partial charge is 0.147 e. The van der Waals surface area contributed by atoms with Crippen molar-refractivity contribution in [3.05, 3.63) is 47.8 Å². The molecule has 0 bridgehead atoms. The van der Waals surface area contributed by atoms with Crippen molar-refractivity contribution >= 4 is 0 Å². The molecular formula is C11H12FN3. The second-order valence-corrected chi connectivity index (χ2v) is 3.41. The molecule has 0 aliphatic heterocycles. The number of aromatic nitrogens is 2. The fourth-order valence-electron chi connectivity index (χ4n) is 1.50. The molecule has 0 spiro atoms. The van der Waals surface area contributed by atoms with E-state index >= 15 is 0 Å². The average Bonchev–Trinajstić information content (AvgIpc) is 2.69. The molecule has 1 aromatic carbocycles. The molecule has 2 N–H and O–H groups in total. The van der Waals surface area contributed by atoms with Crippen molar-refractivity contribution in [2.75, 3.05) is 0 Å². The maximum absolute atomic E-state index is 13.6. The summed E-state index contributed by atoms with van der Waals surface area (Å²) < 4.78 is 15.2. The van der Waals surface area contributed by atoms with E-state index in [4.69, 9.17) is 5.73 Å². The Bertz CT molecular complexity index is 476. The lowest BCUT2D eigenvalue weighted by Crippen LogP contribution is -2.06. The van der Waals surface area contributed by atoms with Gasteiger partial charge in [0.05, 0.1) is 17.7 Å². The number of imidazole rings is 1. The predicted octanol–water partition coefficient (Wildman–Crippen LogP) is 1.78. The van der Waals surface area contributed by atoms with Gasteiger partial charge >= 0.3 is 0 Å². The third kappa shape index (κ3) is 1.76. The van der Waals surface area contributed by atoms with Crippen LogP contribution in [0.2, 0.25) is 0 Å². The Labute approximate surface area is 87.4 Å². The van der Waals surface area contributed by atoms with E-state index in [0.29, 0.717) is 12.2 Å². The second kappa shape index (κ2) is 3.82. The lowest BCUT2D eigenvalue weighted by molar-refractivity contribution is 0.615. The molecule has 0 unspecified atom stereocenters. The summed E-state index contributed by atoms with van der Waals surface area (Å²) in [6.07, 6.45) is 3.21. The number of halogens is 1. The number of aryl methyl sites for hydroxylation is 1. The molecule has 0 amide bonds. The highest BCUT2D eigenvalue weighted by atomic mass is 19.1. The van der Waals surface area contributed by atoms with E-state index in [1.54, 1.807) is 29.2 Å². The fraction of sp³-hybridized carbons (Fsp3) is 0.182. The maximum Gasteiger partial charge on any atom is 0.147 e. The zero-order valence-corrected chi connectivity index (χ0v) is 8.44. The molecule has 1 aromatic heterocycles. The number of benzene rings is 1. The first kappa shape index (κ1) is 9.86. The molecule has 0 fully saturated rings. The lowest BCUT2D eigenvalue weighted by atomic mass is 10.2. The first-order chi connectivity index (χ1) is 7.22. The van der Waals surface area contributed by atoms with Gasteiger partial charge in [-0.1, -0.05) is 6.07 Å². The molecule has 0 atom stereocenters. The standard InChI is InChI=1S/C11H12FN3/c1-8-2-3-10(12)11(4-8)15-7-14-6-9(15)5-13/h2-4,6-7H,5,13H2,1H3. The van der Waals surface area contributed by atoms with Gasteiger partial charge < -0.3 is 5.73 Å². The van der Waals surface area contributed by atoms with E-state index in [-0.39, 0.29) is 5.82 Å². The first-order valence-electron chi connectivity index (χ1n) is 4.70. The van der Waals surface area contributed by atoms with Crippen molar-refractivity contribution in [2.45, 2.75) is 13.5 Å². The van der Waals surface area contributed by atoms with Crippen molar-refractivity contribution in [1.82, 2.24) is 9.55 Å². The Morgan fingerprint density at radius 1 is 1.47 bits per heavy atom. The Balaban J connectivity index is 2.58. The minimum atomic E-state index is -0.270. The number of hydrogen-bond donors (Lipinski definition) is 1. The molecule has 0 aliphatic rings. The van der Waals surface area contributed by atoms with Crippen LogP contribution in [-0.2, 0) is 6.54 Å². The number of nitrogens with two attached hydrogens (primary N) is 1. The van der Waals surface area contributed by atoms with Gasteiger partial charge in [-0.2, -0.15) is 0 Å². The molecule has 78 valence electrons. The Hall–Kier alpha value is -1.68. The third-order valence-corrected chi connectivity index (χ3v) is 2.29. The van der Waals surface area contributed by atoms with Crippen molar-refractivity contribution in [2.24, 2.45) is 5.73 Å². The second-order valence-electron chi connectivity index (χ2n) is 3.41. The Morgan fingerprint density at radius 3 is 3.00 bits per heavy atom. The van der Waals surface area contributed by atoms with Crippen LogP contribution in [-0.4, -0.2) is 9.55 Å². The van der Waals surface area contributed by atoms with E-state index in [1.807, 2.05) is 6.92 Å². The Morgan fingerprint density at radius 2 is 2.27 bits per heavy atom. The molecule has 1 heterocycles. The van der Waals surface area contributed by atoms with Gasteiger partial charge in [0.15, 0.2) is 0 Å². The zero-order chi connectivity index (χ0) is 10.8. The van der Waals surface area contributed by atoms with E-state index in [9.17, 15) is 4.39 Å². The molecule has 2 rings (SSSR count). The largest absolute Gasteiger partial charge is 0.325 e. The van der Waals surface area contributed by atoms with Gasteiger partial charge in [-0.25, -0.2) is 9.37 Å². The van der Waals surface area contributed by atoms with E-state index in [2.05, 4.69) is 4.98 Å². The van der Waals surface area contributed by atoms with E-state index in [1.165, 1.54) is 6.07 Å². The van der Waals surface area contributed by atoms with Gasteiger partial charge in [0.25, 0.3) is 0 Å². The highest BCUT2D eigenvalue weighted by molar-refractivity contribution is 5.38.